The van der Waals surface area contributed by atoms with Gasteiger partial charge in [-0.25, -0.2) is 0 Å². The number of rotatable bonds is 5. The number of aryl methyl sites for hydroxylation is 1. The van der Waals surface area contributed by atoms with Gasteiger partial charge in [-0.2, -0.15) is 0 Å². The molecule has 0 aliphatic heterocycles. The number of benzene rings is 1. The Balaban J connectivity index is 1.87. The second-order valence-corrected chi connectivity index (χ2v) is 6.51. The molecule has 0 saturated heterocycles. The highest BCUT2D eigenvalue weighted by Crippen LogP contribution is 2.47. The van der Waals surface area contributed by atoms with Crippen LogP contribution in [0.3, 0.4) is 0 Å². The summed E-state index contributed by atoms with van der Waals surface area (Å²) in [6.45, 7) is 2.02. The topological polar surface area (TPSA) is 64.1 Å². The fourth-order valence-electron chi connectivity index (χ4n) is 2.85. The predicted octanol–water partition coefficient (Wildman–Crippen LogP) is 3.17. The van der Waals surface area contributed by atoms with Crippen LogP contribution in [0.15, 0.2) is 24.3 Å². The van der Waals surface area contributed by atoms with Crippen molar-refractivity contribution >= 4 is 22.4 Å². The van der Waals surface area contributed by atoms with E-state index in [4.69, 9.17) is 4.74 Å². The highest BCUT2D eigenvalue weighted by Gasteiger charge is 2.47. The third-order valence-electron chi connectivity index (χ3n) is 4.25. The lowest BCUT2D eigenvalue weighted by molar-refractivity contribution is -0.124. The average molecular weight is 317 g/mol. The van der Waals surface area contributed by atoms with Gasteiger partial charge in [0, 0.05) is 5.56 Å². The molecule has 1 fully saturated rings. The molecule has 0 unspecified atom stereocenters. The van der Waals surface area contributed by atoms with Crippen molar-refractivity contribution < 1.29 is 9.53 Å². The first-order valence-electron chi connectivity index (χ1n) is 7.47. The van der Waals surface area contributed by atoms with Crippen LogP contribution >= 0.6 is 11.3 Å². The minimum atomic E-state index is -0.509. The Labute approximate surface area is 133 Å². The van der Waals surface area contributed by atoms with Crippen molar-refractivity contribution in [3.63, 3.8) is 0 Å². The van der Waals surface area contributed by atoms with E-state index < -0.39 is 5.41 Å². The lowest BCUT2D eigenvalue weighted by Gasteiger charge is -2.41. The first-order chi connectivity index (χ1) is 10.7. The molecule has 1 heterocycles. The minimum absolute atomic E-state index is 0.0120. The van der Waals surface area contributed by atoms with E-state index in [0.29, 0.717) is 5.13 Å². The van der Waals surface area contributed by atoms with Gasteiger partial charge in [0.15, 0.2) is 0 Å². The summed E-state index contributed by atoms with van der Waals surface area (Å²) < 4.78 is 5.44. The molecule has 5 nitrogen and oxygen atoms in total. The van der Waals surface area contributed by atoms with E-state index in [1.165, 1.54) is 11.3 Å². The number of nitrogens with zero attached hydrogens (tertiary/aromatic N) is 2. The Kier molecular flexibility index (Phi) is 4.11. The number of methoxy groups -OCH3 is 1. The molecule has 2 aromatic rings. The van der Waals surface area contributed by atoms with Crippen LogP contribution in [0.2, 0.25) is 0 Å². The Morgan fingerprint density at radius 3 is 2.73 bits per heavy atom. The van der Waals surface area contributed by atoms with Gasteiger partial charge in [0.05, 0.1) is 12.5 Å². The van der Waals surface area contributed by atoms with Crippen molar-refractivity contribution in [1.82, 2.24) is 10.2 Å². The molecule has 0 spiro atoms. The molecule has 1 aliphatic carbocycles. The molecule has 0 atom stereocenters. The maximum Gasteiger partial charge on any atom is 0.236 e. The Bertz CT molecular complexity index is 680. The largest absolute Gasteiger partial charge is 0.496 e. The van der Waals surface area contributed by atoms with Crippen LogP contribution in [0, 0.1) is 0 Å². The Hall–Kier alpha value is -1.95. The number of amides is 1. The van der Waals surface area contributed by atoms with Gasteiger partial charge in [-0.05, 0) is 25.3 Å². The summed E-state index contributed by atoms with van der Waals surface area (Å²) in [6, 6.07) is 7.76. The quantitative estimate of drug-likeness (QED) is 0.920. The third-order valence-corrected chi connectivity index (χ3v) is 5.24. The minimum Gasteiger partial charge on any atom is -0.496 e. The first kappa shape index (κ1) is 15.0. The molecule has 3 rings (SSSR count). The van der Waals surface area contributed by atoms with Crippen molar-refractivity contribution in [1.29, 1.82) is 0 Å². The van der Waals surface area contributed by atoms with Gasteiger partial charge >= 0.3 is 0 Å². The van der Waals surface area contributed by atoms with Crippen molar-refractivity contribution in [2.24, 2.45) is 0 Å². The van der Waals surface area contributed by atoms with Gasteiger partial charge in [-0.1, -0.05) is 42.9 Å². The van der Waals surface area contributed by atoms with E-state index in [1.54, 1.807) is 7.11 Å². The number of anilines is 1. The smallest absolute Gasteiger partial charge is 0.236 e. The van der Waals surface area contributed by atoms with Crippen molar-refractivity contribution in [2.75, 3.05) is 12.4 Å². The van der Waals surface area contributed by atoms with Crippen LogP contribution in [0.25, 0.3) is 0 Å². The van der Waals surface area contributed by atoms with Crippen LogP contribution < -0.4 is 10.1 Å². The number of para-hydroxylation sites is 1. The summed E-state index contributed by atoms with van der Waals surface area (Å²) in [5.41, 5.74) is 0.450. The zero-order valence-electron chi connectivity index (χ0n) is 12.8. The van der Waals surface area contributed by atoms with Crippen LogP contribution in [0.5, 0.6) is 5.75 Å². The van der Waals surface area contributed by atoms with Gasteiger partial charge in [0.2, 0.25) is 11.0 Å². The van der Waals surface area contributed by atoms with Crippen LogP contribution in [-0.2, 0) is 16.6 Å². The van der Waals surface area contributed by atoms with E-state index in [1.807, 2.05) is 31.2 Å². The number of carbonyl (C=O) groups is 1. The molecule has 1 aromatic heterocycles. The molecule has 1 aromatic carbocycles. The summed E-state index contributed by atoms with van der Waals surface area (Å²) in [7, 11) is 1.64. The first-order valence-corrected chi connectivity index (χ1v) is 8.28. The number of hydrogen-bond acceptors (Lipinski definition) is 5. The Morgan fingerprint density at radius 1 is 1.36 bits per heavy atom. The fourth-order valence-corrected chi connectivity index (χ4v) is 3.53. The van der Waals surface area contributed by atoms with E-state index in [0.717, 1.165) is 42.0 Å². The molecule has 6 heteroatoms. The molecule has 1 amide bonds. The van der Waals surface area contributed by atoms with Gasteiger partial charge in [-0.3, -0.25) is 10.1 Å². The lowest BCUT2D eigenvalue weighted by Crippen LogP contribution is -2.46. The number of aromatic nitrogens is 2. The summed E-state index contributed by atoms with van der Waals surface area (Å²) in [4.78, 5) is 12.9. The number of ether oxygens (including phenoxy) is 1. The molecule has 116 valence electrons. The number of hydrogen-bond donors (Lipinski definition) is 1. The number of carbonyl (C=O) groups excluding carboxylic acids is 1. The number of nitrogens with one attached hydrogen (secondary N) is 1. The molecule has 1 saturated carbocycles. The predicted molar refractivity (Wildman–Crippen MR) is 86.4 cm³/mol. The standard InChI is InChI=1S/C16H19N3O2S/c1-3-13-18-19-15(22-13)17-14(20)16(9-6-10-16)11-7-4-5-8-12(11)21-2/h4-5,7-8H,3,6,9-10H2,1-2H3,(H,17,19,20). The summed E-state index contributed by atoms with van der Waals surface area (Å²) in [6.07, 6.45) is 3.53. The maximum atomic E-state index is 12.9. The lowest BCUT2D eigenvalue weighted by atomic mass is 9.63. The molecule has 1 N–H and O–H groups in total. The second kappa shape index (κ2) is 6.04. The molecule has 0 bridgehead atoms. The molecule has 0 radical (unpaired) electrons. The highest BCUT2D eigenvalue weighted by molar-refractivity contribution is 7.15. The molecular formula is C16H19N3O2S. The highest BCUT2D eigenvalue weighted by atomic mass is 32.1. The van der Waals surface area contributed by atoms with Gasteiger partial charge < -0.3 is 4.74 Å². The van der Waals surface area contributed by atoms with E-state index in [2.05, 4.69) is 15.5 Å². The maximum absolute atomic E-state index is 12.9. The molecule has 1 aliphatic rings. The van der Waals surface area contributed by atoms with E-state index >= 15 is 0 Å². The molecule has 22 heavy (non-hydrogen) atoms. The Morgan fingerprint density at radius 2 is 2.14 bits per heavy atom. The third kappa shape index (κ3) is 2.47. The fraction of sp³-hybridized carbons (Fsp3) is 0.438. The van der Waals surface area contributed by atoms with Crippen LogP contribution in [0.1, 0.15) is 36.8 Å². The van der Waals surface area contributed by atoms with Crippen LogP contribution in [-0.4, -0.2) is 23.2 Å². The van der Waals surface area contributed by atoms with E-state index in [-0.39, 0.29) is 5.91 Å². The summed E-state index contributed by atoms with van der Waals surface area (Å²) >= 11 is 1.43. The van der Waals surface area contributed by atoms with E-state index in [9.17, 15) is 4.79 Å². The van der Waals surface area contributed by atoms with Crippen molar-refractivity contribution in [2.45, 2.75) is 38.0 Å². The SMILES string of the molecule is CCc1nnc(NC(=O)C2(c3ccccc3OC)CCC2)s1. The zero-order valence-corrected chi connectivity index (χ0v) is 13.6. The van der Waals surface area contributed by atoms with Crippen LogP contribution in [0.4, 0.5) is 5.13 Å². The van der Waals surface area contributed by atoms with Gasteiger partial charge in [0.25, 0.3) is 0 Å². The van der Waals surface area contributed by atoms with Crippen molar-refractivity contribution in [3.05, 3.63) is 34.8 Å². The monoisotopic (exact) mass is 317 g/mol. The second-order valence-electron chi connectivity index (χ2n) is 5.44. The van der Waals surface area contributed by atoms with Gasteiger partial charge in [0.1, 0.15) is 10.8 Å². The average Bonchev–Trinajstić information content (AvgIpc) is 2.94. The van der Waals surface area contributed by atoms with Gasteiger partial charge in [-0.15, -0.1) is 10.2 Å². The van der Waals surface area contributed by atoms with Crippen molar-refractivity contribution in [3.8, 4) is 5.75 Å². The summed E-state index contributed by atoms with van der Waals surface area (Å²) in [5, 5.41) is 12.5. The molecular weight excluding hydrogens is 298 g/mol. The summed E-state index contributed by atoms with van der Waals surface area (Å²) in [5.74, 6) is 0.755. The zero-order chi connectivity index (χ0) is 15.6. The normalized spacial score (nSPS) is 15.9.